The first-order chi connectivity index (χ1) is 7.22. The Labute approximate surface area is 96.8 Å². The van der Waals surface area contributed by atoms with Gasteiger partial charge < -0.3 is 9.84 Å². The van der Waals surface area contributed by atoms with E-state index in [1.54, 1.807) is 18.4 Å². The number of hydrogen-bond donors (Lipinski definition) is 1. The fraction of sp³-hybridized carbons (Fsp3) is 0.273. The number of aliphatic hydroxyl groups excluding tert-OH is 1. The zero-order valence-electron chi connectivity index (χ0n) is 8.56. The Kier molecular flexibility index (Phi) is 3.09. The third-order valence-electron chi connectivity index (χ3n) is 2.19. The van der Waals surface area contributed by atoms with E-state index in [4.69, 9.17) is 4.74 Å². The molecule has 0 saturated carbocycles. The topological polar surface area (TPSA) is 29.5 Å². The molecule has 80 valence electrons. The van der Waals surface area contributed by atoms with Crippen molar-refractivity contribution in [1.29, 1.82) is 0 Å². The predicted octanol–water partition coefficient (Wildman–Crippen LogP) is 3.21. The fourth-order valence-electron chi connectivity index (χ4n) is 1.44. The number of methoxy groups -OCH3 is 1. The highest BCUT2D eigenvalue weighted by Crippen LogP contribution is 2.35. The van der Waals surface area contributed by atoms with Crippen molar-refractivity contribution >= 4 is 22.7 Å². The van der Waals surface area contributed by atoms with E-state index < -0.39 is 6.10 Å². The molecule has 2 aromatic rings. The smallest absolute Gasteiger partial charge is 0.135 e. The molecule has 2 heterocycles. The second-order valence-corrected chi connectivity index (χ2v) is 5.31. The molecule has 0 spiro atoms. The molecule has 2 nitrogen and oxygen atoms in total. The van der Waals surface area contributed by atoms with Crippen LogP contribution in [0.25, 0.3) is 0 Å². The fourth-order valence-corrected chi connectivity index (χ4v) is 3.03. The predicted molar refractivity (Wildman–Crippen MR) is 64.0 cm³/mol. The number of rotatable bonds is 3. The van der Waals surface area contributed by atoms with Crippen molar-refractivity contribution in [3.63, 3.8) is 0 Å². The van der Waals surface area contributed by atoms with Gasteiger partial charge in [0.05, 0.1) is 12.0 Å². The van der Waals surface area contributed by atoms with Gasteiger partial charge in [0.25, 0.3) is 0 Å². The SMILES string of the molecule is COc1ccsc1C(O)c1csc(C)c1. The number of aryl methyl sites for hydroxylation is 1. The molecule has 0 saturated heterocycles. The average molecular weight is 240 g/mol. The lowest BCUT2D eigenvalue weighted by Gasteiger charge is -2.08. The van der Waals surface area contributed by atoms with Gasteiger partial charge in [-0.05, 0) is 35.4 Å². The van der Waals surface area contributed by atoms with Gasteiger partial charge in [-0.15, -0.1) is 22.7 Å². The van der Waals surface area contributed by atoms with Crippen LogP contribution in [-0.2, 0) is 0 Å². The zero-order valence-corrected chi connectivity index (χ0v) is 10.2. The van der Waals surface area contributed by atoms with Gasteiger partial charge in [0.15, 0.2) is 0 Å². The van der Waals surface area contributed by atoms with E-state index in [0.717, 1.165) is 16.2 Å². The van der Waals surface area contributed by atoms with Crippen LogP contribution in [0.3, 0.4) is 0 Å². The third kappa shape index (κ3) is 2.07. The number of thiophene rings is 2. The minimum atomic E-state index is -0.565. The zero-order chi connectivity index (χ0) is 10.8. The standard InChI is InChI=1S/C11H12O2S2/c1-7-5-8(6-15-7)10(12)11-9(13-2)3-4-14-11/h3-6,10,12H,1-2H3. The van der Waals surface area contributed by atoms with E-state index in [1.807, 2.05) is 29.8 Å². The summed E-state index contributed by atoms with van der Waals surface area (Å²) in [6, 6.07) is 3.89. The molecular weight excluding hydrogens is 228 g/mol. The van der Waals surface area contributed by atoms with Crippen LogP contribution >= 0.6 is 22.7 Å². The van der Waals surface area contributed by atoms with Gasteiger partial charge >= 0.3 is 0 Å². The molecule has 2 aromatic heterocycles. The summed E-state index contributed by atoms with van der Waals surface area (Å²) in [4.78, 5) is 2.08. The quantitative estimate of drug-likeness (QED) is 0.892. The molecule has 0 amide bonds. The van der Waals surface area contributed by atoms with Crippen LogP contribution < -0.4 is 4.74 Å². The summed E-state index contributed by atoms with van der Waals surface area (Å²) in [5, 5.41) is 14.1. The Hall–Kier alpha value is -0.840. The van der Waals surface area contributed by atoms with Crippen molar-refractivity contribution in [2.75, 3.05) is 7.11 Å². The van der Waals surface area contributed by atoms with Crippen LogP contribution in [-0.4, -0.2) is 12.2 Å². The molecular formula is C11H12O2S2. The molecule has 1 atom stereocenters. The summed E-state index contributed by atoms with van der Waals surface area (Å²) in [7, 11) is 1.62. The first kappa shape index (κ1) is 10.7. The van der Waals surface area contributed by atoms with Crippen LogP contribution in [0.4, 0.5) is 0 Å². The molecule has 0 aromatic carbocycles. The maximum atomic E-state index is 10.1. The van der Waals surface area contributed by atoms with Gasteiger partial charge in [-0.25, -0.2) is 0 Å². The number of ether oxygens (including phenoxy) is 1. The molecule has 0 radical (unpaired) electrons. The highest BCUT2D eigenvalue weighted by atomic mass is 32.1. The summed E-state index contributed by atoms with van der Waals surface area (Å²) < 4.78 is 5.19. The van der Waals surface area contributed by atoms with Gasteiger partial charge in [0.2, 0.25) is 0 Å². The lowest BCUT2D eigenvalue weighted by Crippen LogP contribution is -1.97. The number of hydrogen-bond acceptors (Lipinski definition) is 4. The van der Waals surface area contributed by atoms with Crippen molar-refractivity contribution in [2.45, 2.75) is 13.0 Å². The Morgan fingerprint density at radius 2 is 2.20 bits per heavy atom. The molecule has 4 heteroatoms. The summed E-state index contributed by atoms with van der Waals surface area (Å²) in [5.74, 6) is 0.761. The molecule has 1 N–H and O–H groups in total. The van der Waals surface area contributed by atoms with E-state index in [-0.39, 0.29) is 0 Å². The van der Waals surface area contributed by atoms with Crippen molar-refractivity contribution in [2.24, 2.45) is 0 Å². The van der Waals surface area contributed by atoms with Crippen LogP contribution in [0.2, 0.25) is 0 Å². The molecule has 0 aliphatic heterocycles. The monoisotopic (exact) mass is 240 g/mol. The summed E-state index contributed by atoms with van der Waals surface area (Å²) in [6.45, 7) is 2.03. The summed E-state index contributed by atoms with van der Waals surface area (Å²) in [6.07, 6.45) is -0.565. The molecule has 0 bridgehead atoms. The van der Waals surface area contributed by atoms with Crippen molar-refractivity contribution in [3.05, 3.63) is 38.2 Å². The van der Waals surface area contributed by atoms with E-state index in [1.165, 1.54) is 16.2 Å². The normalized spacial score (nSPS) is 12.7. The van der Waals surface area contributed by atoms with Crippen LogP contribution in [0.1, 0.15) is 21.4 Å². The highest BCUT2D eigenvalue weighted by Gasteiger charge is 2.17. The van der Waals surface area contributed by atoms with Gasteiger partial charge in [-0.2, -0.15) is 0 Å². The van der Waals surface area contributed by atoms with Crippen LogP contribution in [0, 0.1) is 6.92 Å². The minimum Gasteiger partial charge on any atom is -0.495 e. The van der Waals surface area contributed by atoms with E-state index >= 15 is 0 Å². The molecule has 2 rings (SSSR count). The lowest BCUT2D eigenvalue weighted by atomic mass is 10.1. The molecule has 0 fully saturated rings. The van der Waals surface area contributed by atoms with Gasteiger partial charge in [-0.1, -0.05) is 0 Å². The lowest BCUT2D eigenvalue weighted by molar-refractivity contribution is 0.219. The third-order valence-corrected chi connectivity index (χ3v) is 4.02. The van der Waals surface area contributed by atoms with E-state index in [9.17, 15) is 5.11 Å². The van der Waals surface area contributed by atoms with E-state index in [2.05, 4.69) is 0 Å². The van der Waals surface area contributed by atoms with E-state index in [0.29, 0.717) is 0 Å². The Morgan fingerprint density at radius 1 is 1.40 bits per heavy atom. The average Bonchev–Trinajstić information content (AvgIpc) is 2.84. The second-order valence-electron chi connectivity index (χ2n) is 3.25. The first-order valence-corrected chi connectivity index (χ1v) is 6.32. The summed E-state index contributed by atoms with van der Waals surface area (Å²) in [5.41, 5.74) is 0.943. The molecule has 1 unspecified atom stereocenters. The molecule has 15 heavy (non-hydrogen) atoms. The Balaban J connectivity index is 2.31. The second kappa shape index (κ2) is 4.35. The maximum absolute atomic E-state index is 10.1. The van der Waals surface area contributed by atoms with Gasteiger partial charge in [-0.3, -0.25) is 0 Å². The minimum absolute atomic E-state index is 0.565. The van der Waals surface area contributed by atoms with Gasteiger partial charge in [0, 0.05) is 4.88 Å². The molecule has 0 aliphatic carbocycles. The highest BCUT2D eigenvalue weighted by molar-refractivity contribution is 7.10. The summed E-state index contributed by atoms with van der Waals surface area (Å²) >= 11 is 3.16. The van der Waals surface area contributed by atoms with Crippen LogP contribution in [0.5, 0.6) is 5.75 Å². The Morgan fingerprint density at radius 3 is 2.80 bits per heavy atom. The first-order valence-electron chi connectivity index (χ1n) is 4.57. The van der Waals surface area contributed by atoms with Crippen LogP contribution in [0.15, 0.2) is 22.9 Å². The van der Waals surface area contributed by atoms with Gasteiger partial charge in [0.1, 0.15) is 11.9 Å². The van der Waals surface area contributed by atoms with Crippen molar-refractivity contribution in [1.82, 2.24) is 0 Å². The number of aliphatic hydroxyl groups is 1. The van der Waals surface area contributed by atoms with Crippen molar-refractivity contribution in [3.8, 4) is 5.75 Å². The van der Waals surface area contributed by atoms with Crippen molar-refractivity contribution < 1.29 is 9.84 Å². The molecule has 0 aliphatic rings. The Bertz CT molecular complexity index is 445. The largest absolute Gasteiger partial charge is 0.495 e. The maximum Gasteiger partial charge on any atom is 0.135 e.